The molecule has 0 amide bonds. The third-order valence-electron chi connectivity index (χ3n) is 0.167. The maximum atomic E-state index is 8.93. The van der Waals surface area contributed by atoms with E-state index in [0.29, 0.717) is 0 Å². The first kappa shape index (κ1) is 9.98. The molecule has 0 bridgehead atoms. The van der Waals surface area contributed by atoms with Gasteiger partial charge in [0, 0.05) is 0 Å². The Balaban J connectivity index is 0. The normalized spacial score (nSPS) is 6.29. The average molecular weight is 292 g/mol. The van der Waals surface area contributed by atoms with Crippen molar-refractivity contribution in [2.75, 3.05) is 0 Å². The summed E-state index contributed by atoms with van der Waals surface area (Å²) in [7, 11) is 0. The van der Waals surface area contributed by atoms with E-state index in [1.54, 1.807) is 0 Å². The van der Waals surface area contributed by atoms with Crippen molar-refractivity contribution in [2.24, 2.45) is 0 Å². The fourth-order valence-electron chi connectivity index (χ4n) is 0. The molecule has 0 saturated carbocycles. The fraction of sp³-hybridized carbons (Fsp3) is 0. The van der Waals surface area contributed by atoms with Crippen LogP contribution in [0.3, 0.4) is 0 Å². The number of aliphatic carboxylic acids is 2. The summed E-state index contributed by atoms with van der Waals surface area (Å²) < 4.78 is 0. The van der Waals surface area contributed by atoms with E-state index in [4.69, 9.17) is 19.8 Å². The van der Waals surface area contributed by atoms with Crippen molar-refractivity contribution < 1.29 is 19.8 Å². The van der Waals surface area contributed by atoms with Crippen molar-refractivity contribution in [3.63, 3.8) is 0 Å². The van der Waals surface area contributed by atoms with Crippen molar-refractivity contribution in [3.8, 4) is 0 Å². The van der Waals surface area contributed by atoms with Crippen LogP contribution in [0.2, 0.25) is 0 Å². The molecule has 5 heteroatoms. The zero-order valence-corrected chi connectivity index (χ0v) is 7.70. The molecule has 34 valence electrons. The maximum absolute atomic E-state index is 8.93. The van der Waals surface area contributed by atoms with Crippen molar-refractivity contribution >= 4 is 39.2 Å². The van der Waals surface area contributed by atoms with E-state index in [9.17, 15) is 0 Å². The van der Waals surface area contributed by atoms with Crippen LogP contribution in [-0.2, 0) is 9.59 Å². The summed E-state index contributed by atoms with van der Waals surface area (Å²) in [6.07, 6.45) is 0. The Bertz CT molecular complexity index is 75.7. The molecule has 0 heterocycles. The Labute approximate surface area is 59.3 Å². The van der Waals surface area contributed by atoms with E-state index in [0.717, 1.165) is 0 Å². The van der Waals surface area contributed by atoms with Crippen LogP contribution in [0.5, 0.6) is 0 Å². The SMILES string of the molecule is O=C([O-])C(=O)[O-].[Tl+3]. The monoisotopic (exact) mass is 293 g/mol. The minimum atomic E-state index is -2.19. The van der Waals surface area contributed by atoms with Gasteiger partial charge >= 0.3 is 27.3 Å². The number of carboxylic acid groups (broad SMARTS) is 2. The molecule has 0 aromatic heterocycles. The van der Waals surface area contributed by atoms with Crippen LogP contribution in [0.1, 0.15) is 0 Å². The van der Waals surface area contributed by atoms with Gasteiger partial charge in [-0.1, -0.05) is 0 Å². The van der Waals surface area contributed by atoms with Crippen LogP contribution in [-0.4, -0.2) is 39.2 Å². The Kier molecular flexibility index (Phi) is 5.75. The molecule has 0 rings (SSSR count). The van der Waals surface area contributed by atoms with Gasteiger partial charge in [-0.25, -0.2) is 0 Å². The summed E-state index contributed by atoms with van der Waals surface area (Å²) in [4.78, 5) is 17.9. The number of hydrogen-bond acceptors (Lipinski definition) is 4. The van der Waals surface area contributed by atoms with Gasteiger partial charge in [-0.05, 0) is 0 Å². The second-order valence-electron chi connectivity index (χ2n) is 0.575. The molecule has 0 aliphatic rings. The van der Waals surface area contributed by atoms with Crippen LogP contribution in [0.25, 0.3) is 0 Å². The van der Waals surface area contributed by atoms with E-state index in [2.05, 4.69) is 0 Å². The van der Waals surface area contributed by atoms with E-state index in [1.165, 1.54) is 0 Å². The second-order valence-corrected chi connectivity index (χ2v) is 0.575. The van der Waals surface area contributed by atoms with Crippen molar-refractivity contribution in [1.29, 1.82) is 0 Å². The zero-order valence-electron chi connectivity index (χ0n) is 3.21. The van der Waals surface area contributed by atoms with Crippen LogP contribution in [0.15, 0.2) is 0 Å². The van der Waals surface area contributed by atoms with Gasteiger partial charge in [-0.15, -0.1) is 0 Å². The zero-order chi connectivity index (χ0) is 5.15. The van der Waals surface area contributed by atoms with Crippen LogP contribution in [0, 0.1) is 0 Å². The Morgan fingerprint density at radius 2 is 1.14 bits per heavy atom. The van der Waals surface area contributed by atoms with Gasteiger partial charge in [0.2, 0.25) is 0 Å². The molecular formula is C2O4Tl+. The first-order valence-electron chi connectivity index (χ1n) is 1.07. The predicted molar refractivity (Wildman–Crippen MR) is 15.8 cm³/mol. The molecule has 0 radical (unpaired) electrons. The number of hydrogen-bond donors (Lipinski definition) is 0. The summed E-state index contributed by atoms with van der Waals surface area (Å²) in [5, 5.41) is 17.9. The topological polar surface area (TPSA) is 80.3 Å². The summed E-state index contributed by atoms with van der Waals surface area (Å²) >= 11 is 0. The number of carbonyl (C=O) groups excluding carboxylic acids is 2. The first-order valence-corrected chi connectivity index (χ1v) is 1.07. The predicted octanol–water partition coefficient (Wildman–Crippen LogP) is -3.89. The molecule has 0 spiro atoms. The molecular weight excluding hydrogens is 292 g/mol. The summed E-state index contributed by atoms with van der Waals surface area (Å²) in [6.45, 7) is 0. The van der Waals surface area contributed by atoms with Crippen molar-refractivity contribution in [3.05, 3.63) is 0 Å². The molecule has 7 heavy (non-hydrogen) atoms. The minimum Gasteiger partial charge on any atom is -0.543 e. The summed E-state index contributed by atoms with van der Waals surface area (Å²) in [6, 6.07) is 0. The number of carboxylic acids is 2. The standard InChI is InChI=1S/C2H2O4.Tl/c3-1(4)2(5)6;/h(H,3,4)(H,5,6);/q;+3/p-2. The summed E-state index contributed by atoms with van der Waals surface area (Å²) in [5.74, 6) is -4.37. The van der Waals surface area contributed by atoms with Gasteiger partial charge in [-0.2, -0.15) is 0 Å². The molecule has 0 aliphatic heterocycles. The molecule has 0 fully saturated rings. The van der Waals surface area contributed by atoms with Crippen LogP contribution < -0.4 is 10.2 Å². The van der Waals surface area contributed by atoms with E-state index < -0.39 is 11.9 Å². The van der Waals surface area contributed by atoms with E-state index >= 15 is 0 Å². The average Bonchev–Trinajstić information content (AvgIpc) is 1.36. The van der Waals surface area contributed by atoms with Gasteiger partial charge in [0.15, 0.2) is 0 Å². The van der Waals surface area contributed by atoms with Gasteiger partial charge in [0.05, 0.1) is 11.9 Å². The quantitative estimate of drug-likeness (QED) is 0.338. The Hall–Kier alpha value is -0.138. The largest absolute Gasteiger partial charge is 3.00 e. The number of carbonyl (C=O) groups is 2. The van der Waals surface area contributed by atoms with Gasteiger partial charge < -0.3 is 19.8 Å². The Morgan fingerprint density at radius 1 is 1.00 bits per heavy atom. The third-order valence-corrected chi connectivity index (χ3v) is 0.167. The van der Waals surface area contributed by atoms with E-state index in [-0.39, 0.29) is 27.3 Å². The molecule has 0 N–H and O–H groups in total. The number of rotatable bonds is 0. The Morgan fingerprint density at radius 3 is 1.14 bits per heavy atom. The molecule has 0 saturated heterocycles. The molecule has 0 aliphatic carbocycles. The van der Waals surface area contributed by atoms with Gasteiger partial charge in [-0.3, -0.25) is 0 Å². The molecule has 0 atom stereocenters. The molecule has 0 aromatic carbocycles. The van der Waals surface area contributed by atoms with Gasteiger partial charge in [0.25, 0.3) is 0 Å². The fourth-order valence-corrected chi connectivity index (χ4v) is 0. The third kappa shape index (κ3) is 5.86. The van der Waals surface area contributed by atoms with E-state index in [1.807, 2.05) is 0 Å². The minimum absolute atomic E-state index is 0. The smallest absolute Gasteiger partial charge is 0.543 e. The van der Waals surface area contributed by atoms with Crippen LogP contribution >= 0.6 is 0 Å². The van der Waals surface area contributed by atoms with Gasteiger partial charge in [0.1, 0.15) is 0 Å². The van der Waals surface area contributed by atoms with Crippen molar-refractivity contribution in [2.45, 2.75) is 0 Å². The van der Waals surface area contributed by atoms with Crippen LogP contribution in [0.4, 0.5) is 0 Å². The second kappa shape index (κ2) is 4.03. The summed E-state index contributed by atoms with van der Waals surface area (Å²) in [5.41, 5.74) is 0. The first-order chi connectivity index (χ1) is 2.64. The molecule has 4 nitrogen and oxygen atoms in total. The maximum Gasteiger partial charge on any atom is 3.00 e. The molecule has 0 aromatic rings. The molecule has 0 unspecified atom stereocenters. The van der Waals surface area contributed by atoms with Crippen molar-refractivity contribution in [1.82, 2.24) is 0 Å².